The molecule has 1 N–H and O–H groups in total. The van der Waals surface area contributed by atoms with Gasteiger partial charge in [0.25, 0.3) is 0 Å². The highest BCUT2D eigenvalue weighted by molar-refractivity contribution is 6.47. The molecule has 0 saturated carbocycles. The van der Waals surface area contributed by atoms with Gasteiger partial charge in [-0.05, 0) is 29.8 Å². The topological polar surface area (TPSA) is 54.6 Å². The molecule has 96 valence electrons. The summed E-state index contributed by atoms with van der Waals surface area (Å²) in [6.07, 6.45) is 1.48. The number of furan rings is 1. The van der Waals surface area contributed by atoms with E-state index in [1.807, 2.05) is 24.3 Å². The summed E-state index contributed by atoms with van der Waals surface area (Å²) >= 11 is 5.87. The van der Waals surface area contributed by atoms with Gasteiger partial charge in [-0.15, -0.1) is 0 Å². The van der Waals surface area contributed by atoms with E-state index < -0.39 is 0 Å². The molecule has 0 unspecified atom stereocenters. The number of ketones is 1. The maximum absolute atomic E-state index is 12.3. The van der Waals surface area contributed by atoms with Gasteiger partial charge < -0.3 is 9.84 Å². The third-order valence-electron chi connectivity index (χ3n) is 3.07. The van der Waals surface area contributed by atoms with Crippen molar-refractivity contribution in [1.29, 1.82) is 0 Å². The summed E-state index contributed by atoms with van der Waals surface area (Å²) in [5, 5.41) is 4.77. The highest BCUT2D eigenvalue weighted by atomic mass is 35.5. The van der Waals surface area contributed by atoms with Gasteiger partial charge in [0.1, 0.15) is 5.71 Å². The van der Waals surface area contributed by atoms with Crippen LogP contribution in [0.25, 0.3) is 0 Å². The van der Waals surface area contributed by atoms with E-state index in [2.05, 4.69) is 10.5 Å². The molecule has 2 aromatic rings. The highest BCUT2D eigenvalue weighted by Gasteiger charge is 2.30. The van der Waals surface area contributed by atoms with E-state index in [-0.39, 0.29) is 11.7 Å². The van der Waals surface area contributed by atoms with E-state index in [1.165, 1.54) is 6.26 Å². The van der Waals surface area contributed by atoms with Crippen LogP contribution in [0.1, 0.15) is 22.0 Å². The number of hydrogen-bond donors (Lipinski definition) is 1. The van der Waals surface area contributed by atoms with Gasteiger partial charge in [-0.3, -0.25) is 4.79 Å². The summed E-state index contributed by atoms with van der Waals surface area (Å²) < 4.78 is 5.13. The Balaban J connectivity index is 1.89. The first-order valence-corrected chi connectivity index (χ1v) is 6.27. The third kappa shape index (κ3) is 2.27. The maximum atomic E-state index is 12.3. The van der Waals surface area contributed by atoms with Crippen molar-refractivity contribution in [1.82, 2.24) is 5.43 Å². The molecule has 0 amide bonds. The quantitative estimate of drug-likeness (QED) is 0.876. The van der Waals surface area contributed by atoms with Gasteiger partial charge >= 0.3 is 0 Å². The van der Waals surface area contributed by atoms with Crippen molar-refractivity contribution < 1.29 is 9.21 Å². The van der Waals surface area contributed by atoms with Gasteiger partial charge in [0, 0.05) is 11.6 Å². The number of carbonyl (C=O) groups is 1. The Kier molecular flexibility index (Phi) is 3.09. The smallest absolute Gasteiger partial charge is 0.244 e. The molecule has 1 aromatic carbocycles. The minimum atomic E-state index is -0.185. The van der Waals surface area contributed by atoms with E-state index in [9.17, 15) is 4.79 Å². The molecule has 1 aliphatic rings. The Morgan fingerprint density at radius 1 is 1.32 bits per heavy atom. The summed E-state index contributed by atoms with van der Waals surface area (Å²) in [7, 11) is 0. The van der Waals surface area contributed by atoms with Crippen LogP contribution >= 0.6 is 11.6 Å². The number of benzene rings is 1. The average molecular weight is 275 g/mol. The lowest BCUT2D eigenvalue weighted by Crippen LogP contribution is -2.21. The van der Waals surface area contributed by atoms with Crippen molar-refractivity contribution in [3.8, 4) is 0 Å². The lowest BCUT2D eigenvalue weighted by Gasteiger charge is -2.10. The molecule has 5 heteroatoms. The minimum absolute atomic E-state index is 0.0742. The van der Waals surface area contributed by atoms with E-state index in [1.54, 1.807) is 12.1 Å². The predicted molar refractivity (Wildman–Crippen MR) is 72.7 cm³/mol. The molecule has 0 radical (unpaired) electrons. The zero-order valence-electron chi connectivity index (χ0n) is 9.97. The lowest BCUT2D eigenvalue weighted by molar-refractivity contribution is 0.103. The number of halogens is 1. The Hall–Kier alpha value is -2.07. The predicted octanol–water partition coefficient (Wildman–Crippen LogP) is 2.86. The minimum Gasteiger partial charge on any atom is -0.461 e. The SMILES string of the molecule is O=C(C1=NNC[C@H]1c1ccc(Cl)cc1)c1ccco1. The zero-order valence-corrected chi connectivity index (χ0v) is 10.7. The fourth-order valence-electron chi connectivity index (χ4n) is 2.11. The Morgan fingerprint density at radius 2 is 2.11 bits per heavy atom. The second kappa shape index (κ2) is 4.90. The lowest BCUT2D eigenvalue weighted by atomic mass is 9.92. The van der Waals surface area contributed by atoms with Crippen molar-refractivity contribution >= 4 is 23.1 Å². The summed E-state index contributed by atoms with van der Waals surface area (Å²) in [4.78, 5) is 12.3. The molecule has 1 aliphatic heterocycles. The van der Waals surface area contributed by atoms with Crippen molar-refractivity contribution in [3.05, 3.63) is 59.0 Å². The summed E-state index contributed by atoms with van der Waals surface area (Å²) in [5.41, 5.74) is 4.35. The molecule has 3 rings (SSSR count). The number of carbonyl (C=O) groups excluding carboxylic acids is 1. The number of nitrogens with one attached hydrogen (secondary N) is 1. The maximum Gasteiger partial charge on any atom is 0.244 e. The number of hydrogen-bond acceptors (Lipinski definition) is 4. The molecule has 2 heterocycles. The fourth-order valence-corrected chi connectivity index (χ4v) is 2.24. The average Bonchev–Trinajstić information content (AvgIpc) is 3.10. The molecule has 0 bridgehead atoms. The summed E-state index contributed by atoms with van der Waals surface area (Å²) in [5.74, 6) is 0.0474. The molecule has 4 nitrogen and oxygen atoms in total. The largest absolute Gasteiger partial charge is 0.461 e. The molecule has 0 fully saturated rings. The first-order valence-electron chi connectivity index (χ1n) is 5.90. The standard InChI is InChI=1S/C14H11ClN2O2/c15-10-5-3-9(4-6-10)11-8-16-17-13(11)14(18)12-2-1-7-19-12/h1-7,11,16H,8H2/t11-/m0/s1. The van der Waals surface area contributed by atoms with Crippen LogP contribution in [-0.2, 0) is 0 Å². The van der Waals surface area contributed by atoms with Crippen molar-refractivity contribution in [3.63, 3.8) is 0 Å². The van der Waals surface area contributed by atoms with Crippen molar-refractivity contribution in [2.24, 2.45) is 5.10 Å². The van der Waals surface area contributed by atoms with Crippen molar-refractivity contribution in [2.45, 2.75) is 5.92 Å². The van der Waals surface area contributed by atoms with Crippen LogP contribution in [0.4, 0.5) is 0 Å². The second-order valence-corrected chi connectivity index (χ2v) is 4.71. The number of nitrogens with zero attached hydrogens (tertiary/aromatic N) is 1. The summed E-state index contributed by atoms with van der Waals surface area (Å²) in [6, 6.07) is 10.8. The molecule has 0 saturated heterocycles. The first-order chi connectivity index (χ1) is 9.25. The second-order valence-electron chi connectivity index (χ2n) is 4.27. The normalized spacial score (nSPS) is 17.9. The van der Waals surface area contributed by atoms with Crippen LogP contribution in [0.15, 0.2) is 52.2 Å². The van der Waals surface area contributed by atoms with Gasteiger partial charge in [-0.2, -0.15) is 5.10 Å². The summed E-state index contributed by atoms with van der Waals surface area (Å²) in [6.45, 7) is 0.601. The van der Waals surface area contributed by atoms with E-state index in [0.29, 0.717) is 23.0 Å². The van der Waals surface area contributed by atoms with Gasteiger partial charge in [0.2, 0.25) is 5.78 Å². The van der Waals surface area contributed by atoms with Crippen LogP contribution < -0.4 is 5.43 Å². The molecular formula is C14H11ClN2O2. The van der Waals surface area contributed by atoms with Crippen LogP contribution in [0.5, 0.6) is 0 Å². The monoisotopic (exact) mass is 274 g/mol. The van der Waals surface area contributed by atoms with Crippen LogP contribution in [0.2, 0.25) is 5.02 Å². The highest BCUT2D eigenvalue weighted by Crippen LogP contribution is 2.24. The van der Waals surface area contributed by atoms with Crippen LogP contribution in [0.3, 0.4) is 0 Å². The van der Waals surface area contributed by atoms with E-state index in [4.69, 9.17) is 16.0 Å². The Morgan fingerprint density at radius 3 is 2.79 bits per heavy atom. The molecule has 19 heavy (non-hydrogen) atoms. The Bertz CT molecular complexity index is 617. The van der Waals surface area contributed by atoms with Gasteiger partial charge in [-0.1, -0.05) is 23.7 Å². The van der Waals surface area contributed by atoms with Gasteiger partial charge in [0.15, 0.2) is 5.76 Å². The third-order valence-corrected chi connectivity index (χ3v) is 3.33. The van der Waals surface area contributed by atoms with Crippen LogP contribution in [0, 0.1) is 0 Å². The van der Waals surface area contributed by atoms with Crippen LogP contribution in [-0.4, -0.2) is 18.0 Å². The molecule has 0 aliphatic carbocycles. The fraction of sp³-hybridized carbons (Fsp3) is 0.143. The van der Waals surface area contributed by atoms with E-state index in [0.717, 1.165) is 5.56 Å². The number of rotatable bonds is 3. The molecule has 1 aromatic heterocycles. The first kappa shape index (κ1) is 12.0. The number of Topliss-reactive ketones (excluding diaryl/α,β-unsaturated/α-hetero) is 1. The zero-order chi connectivity index (χ0) is 13.2. The molecule has 1 atom stereocenters. The van der Waals surface area contributed by atoms with Gasteiger partial charge in [0.05, 0.1) is 12.2 Å². The van der Waals surface area contributed by atoms with Gasteiger partial charge in [-0.25, -0.2) is 0 Å². The van der Waals surface area contributed by atoms with E-state index >= 15 is 0 Å². The van der Waals surface area contributed by atoms with Crippen molar-refractivity contribution in [2.75, 3.05) is 6.54 Å². The molecular weight excluding hydrogens is 264 g/mol. The number of hydrazone groups is 1. The molecule has 0 spiro atoms. The Labute approximate surface area is 115 Å².